The molecule has 0 spiro atoms. The van der Waals surface area contributed by atoms with E-state index < -0.39 is 0 Å². The van der Waals surface area contributed by atoms with Crippen LogP contribution < -0.4 is 11.1 Å². The second-order valence-corrected chi connectivity index (χ2v) is 6.91. The Morgan fingerprint density at radius 1 is 1.07 bits per heavy atom. The van der Waals surface area contributed by atoms with Gasteiger partial charge in [-0.05, 0) is 18.6 Å². The Morgan fingerprint density at radius 2 is 1.90 bits per heavy atom. The summed E-state index contributed by atoms with van der Waals surface area (Å²) in [5, 5.41) is 8.65. The van der Waals surface area contributed by atoms with E-state index in [1.807, 2.05) is 30.3 Å². The highest BCUT2D eigenvalue weighted by Crippen LogP contribution is 2.32. The molecular formula is C22H24N6O. The summed E-state index contributed by atoms with van der Waals surface area (Å²) in [5.41, 5.74) is 11.1. The Labute approximate surface area is 169 Å². The molecule has 2 aromatic heterocycles. The molecule has 0 fully saturated rings. The van der Waals surface area contributed by atoms with Crippen molar-refractivity contribution in [2.24, 2.45) is 0 Å². The predicted octanol–water partition coefficient (Wildman–Crippen LogP) is 3.49. The van der Waals surface area contributed by atoms with Crippen LogP contribution in [0.5, 0.6) is 0 Å². The Balaban J connectivity index is 1.83. The number of hydrogen-bond acceptors (Lipinski definition) is 6. The zero-order valence-corrected chi connectivity index (χ0v) is 16.6. The number of ether oxygens (including phenoxy) is 1. The molecule has 29 heavy (non-hydrogen) atoms. The molecule has 0 aliphatic rings. The second kappa shape index (κ2) is 8.28. The molecule has 0 amide bonds. The van der Waals surface area contributed by atoms with Crippen molar-refractivity contribution in [3.05, 3.63) is 65.7 Å². The lowest BCUT2D eigenvalue weighted by Crippen LogP contribution is -2.10. The molecule has 0 aliphatic carbocycles. The summed E-state index contributed by atoms with van der Waals surface area (Å²) in [4.78, 5) is 9.34. The number of nitrogens with two attached hydrogens (primary N) is 1. The van der Waals surface area contributed by atoms with Gasteiger partial charge in [0.1, 0.15) is 5.82 Å². The first-order valence-electron chi connectivity index (χ1n) is 9.53. The summed E-state index contributed by atoms with van der Waals surface area (Å²) < 4.78 is 6.90. The van der Waals surface area contributed by atoms with Crippen LogP contribution in [0.4, 0.5) is 11.8 Å². The van der Waals surface area contributed by atoms with Gasteiger partial charge in [-0.15, -0.1) is 5.10 Å². The minimum atomic E-state index is 0.510. The Bertz CT molecular complexity index is 1120. The Hall–Kier alpha value is -3.45. The van der Waals surface area contributed by atoms with E-state index in [0.717, 1.165) is 27.8 Å². The van der Waals surface area contributed by atoms with Crippen LogP contribution >= 0.6 is 0 Å². The van der Waals surface area contributed by atoms with Gasteiger partial charge in [-0.25, -0.2) is 9.67 Å². The number of aryl methyl sites for hydroxylation is 1. The van der Waals surface area contributed by atoms with E-state index in [2.05, 4.69) is 46.6 Å². The summed E-state index contributed by atoms with van der Waals surface area (Å²) in [7, 11) is 1.66. The van der Waals surface area contributed by atoms with Crippen LogP contribution in [-0.2, 0) is 11.3 Å². The van der Waals surface area contributed by atoms with Crippen LogP contribution in [0.2, 0.25) is 0 Å². The fourth-order valence-corrected chi connectivity index (χ4v) is 3.28. The largest absolute Gasteiger partial charge is 0.383 e. The van der Waals surface area contributed by atoms with E-state index in [1.54, 1.807) is 11.8 Å². The van der Waals surface area contributed by atoms with E-state index in [1.165, 1.54) is 0 Å². The maximum absolute atomic E-state index is 6.51. The first-order valence-corrected chi connectivity index (χ1v) is 9.53. The lowest BCUT2D eigenvalue weighted by atomic mass is 10.1. The molecule has 4 aromatic rings. The quantitative estimate of drug-likeness (QED) is 0.471. The summed E-state index contributed by atoms with van der Waals surface area (Å²) in [6, 6.07) is 18.3. The van der Waals surface area contributed by atoms with E-state index in [4.69, 9.17) is 15.5 Å². The Kier molecular flexibility index (Phi) is 5.39. The highest BCUT2D eigenvalue weighted by Gasteiger charge is 2.18. The molecule has 0 saturated carbocycles. The highest BCUT2D eigenvalue weighted by atomic mass is 16.5. The average molecular weight is 388 g/mol. The van der Waals surface area contributed by atoms with Crippen LogP contribution in [0, 0.1) is 6.92 Å². The first kappa shape index (κ1) is 18.9. The minimum absolute atomic E-state index is 0.510. The smallest absolute Gasteiger partial charge is 0.225 e. The van der Waals surface area contributed by atoms with Crippen molar-refractivity contribution in [1.29, 1.82) is 0 Å². The SMILES string of the molecule is COCCNc1nc(-c2cccc(C)c2)c2c(N)n(Cc3ccccc3)nc2n1. The molecule has 3 N–H and O–H groups in total. The van der Waals surface area contributed by atoms with Gasteiger partial charge in [0, 0.05) is 19.2 Å². The molecule has 0 unspecified atom stereocenters. The molecule has 4 rings (SSSR count). The lowest BCUT2D eigenvalue weighted by Gasteiger charge is -2.09. The number of anilines is 2. The zero-order chi connectivity index (χ0) is 20.2. The maximum atomic E-state index is 6.51. The normalized spacial score (nSPS) is 11.1. The molecule has 0 atom stereocenters. The number of benzene rings is 2. The molecule has 2 heterocycles. The van der Waals surface area contributed by atoms with Gasteiger partial charge >= 0.3 is 0 Å². The number of aromatic nitrogens is 4. The van der Waals surface area contributed by atoms with Gasteiger partial charge in [0.05, 0.1) is 24.2 Å². The Morgan fingerprint density at radius 3 is 2.66 bits per heavy atom. The molecule has 7 nitrogen and oxygen atoms in total. The first-order chi connectivity index (χ1) is 14.2. The van der Waals surface area contributed by atoms with Crippen molar-refractivity contribution < 1.29 is 4.74 Å². The van der Waals surface area contributed by atoms with Gasteiger partial charge < -0.3 is 15.8 Å². The molecule has 7 heteroatoms. The third-order valence-corrected chi connectivity index (χ3v) is 4.70. The lowest BCUT2D eigenvalue weighted by molar-refractivity contribution is 0.210. The fraction of sp³-hybridized carbons (Fsp3) is 0.227. The van der Waals surface area contributed by atoms with Crippen molar-refractivity contribution in [3.8, 4) is 11.3 Å². The van der Waals surface area contributed by atoms with Crippen molar-refractivity contribution in [2.75, 3.05) is 31.3 Å². The van der Waals surface area contributed by atoms with Crippen LogP contribution in [0.1, 0.15) is 11.1 Å². The van der Waals surface area contributed by atoms with Gasteiger partial charge in [0.25, 0.3) is 0 Å². The summed E-state index contributed by atoms with van der Waals surface area (Å²) in [6.45, 7) is 3.80. The van der Waals surface area contributed by atoms with Gasteiger partial charge in [-0.1, -0.05) is 54.1 Å². The number of rotatable bonds is 7. The number of hydrogen-bond donors (Lipinski definition) is 2. The average Bonchev–Trinajstić information content (AvgIpc) is 3.04. The van der Waals surface area contributed by atoms with Crippen molar-refractivity contribution in [1.82, 2.24) is 19.7 Å². The molecule has 0 saturated heterocycles. The number of nitrogens with one attached hydrogen (secondary N) is 1. The third kappa shape index (κ3) is 4.05. The number of nitrogens with zero attached hydrogens (tertiary/aromatic N) is 4. The number of methoxy groups -OCH3 is 1. The van der Waals surface area contributed by atoms with Crippen molar-refractivity contribution in [2.45, 2.75) is 13.5 Å². The van der Waals surface area contributed by atoms with Crippen LogP contribution in [0.15, 0.2) is 54.6 Å². The van der Waals surface area contributed by atoms with Crippen LogP contribution in [-0.4, -0.2) is 40.0 Å². The minimum Gasteiger partial charge on any atom is -0.383 e. The zero-order valence-electron chi connectivity index (χ0n) is 16.6. The van der Waals surface area contributed by atoms with Crippen LogP contribution in [0.3, 0.4) is 0 Å². The second-order valence-electron chi connectivity index (χ2n) is 6.91. The van der Waals surface area contributed by atoms with Crippen molar-refractivity contribution in [3.63, 3.8) is 0 Å². The monoisotopic (exact) mass is 388 g/mol. The van der Waals surface area contributed by atoms with Crippen LogP contribution in [0.25, 0.3) is 22.3 Å². The predicted molar refractivity (Wildman–Crippen MR) is 116 cm³/mol. The molecule has 0 bridgehead atoms. The van der Waals surface area contributed by atoms with Gasteiger partial charge in [0.2, 0.25) is 5.95 Å². The topological polar surface area (TPSA) is 90.9 Å². The van der Waals surface area contributed by atoms with E-state index in [9.17, 15) is 0 Å². The van der Waals surface area contributed by atoms with E-state index in [0.29, 0.717) is 37.1 Å². The number of fused-ring (bicyclic) bond motifs is 1. The third-order valence-electron chi connectivity index (χ3n) is 4.70. The molecule has 0 aliphatic heterocycles. The standard InChI is InChI=1S/C22H24N6O/c1-15-7-6-10-17(13-15)19-18-20(23)28(14-16-8-4-3-5-9-16)27-21(18)26-22(25-19)24-11-12-29-2/h3-10,13H,11-12,14,23H2,1-2H3,(H,24,26,27). The van der Waals surface area contributed by atoms with Crippen molar-refractivity contribution >= 4 is 22.8 Å². The fourth-order valence-electron chi connectivity index (χ4n) is 3.28. The van der Waals surface area contributed by atoms with E-state index in [-0.39, 0.29) is 0 Å². The molecule has 0 radical (unpaired) electrons. The number of nitrogen functional groups attached to an aromatic ring is 1. The van der Waals surface area contributed by atoms with Gasteiger partial charge in [-0.3, -0.25) is 0 Å². The summed E-state index contributed by atoms with van der Waals surface area (Å²) >= 11 is 0. The maximum Gasteiger partial charge on any atom is 0.225 e. The summed E-state index contributed by atoms with van der Waals surface area (Å²) in [6.07, 6.45) is 0. The molecule has 148 valence electrons. The highest BCUT2D eigenvalue weighted by molar-refractivity contribution is 5.99. The van der Waals surface area contributed by atoms with E-state index >= 15 is 0 Å². The molecule has 2 aromatic carbocycles. The van der Waals surface area contributed by atoms with Gasteiger partial charge in [-0.2, -0.15) is 4.98 Å². The summed E-state index contributed by atoms with van der Waals surface area (Å²) in [5.74, 6) is 1.07. The van der Waals surface area contributed by atoms with Gasteiger partial charge in [0.15, 0.2) is 5.65 Å². The molecular weight excluding hydrogens is 364 g/mol.